The second kappa shape index (κ2) is 47.8. The number of esters is 2. The first kappa shape index (κ1) is 62.3. The van der Waals surface area contributed by atoms with E-state index in [0.717, 1.165) is 38.5 Å². The molecule has 380 valence electrons. The number of carbonyl (C=O) groups excluding carboxylic acids is 2. The summed E-state index contributed by atoms with van der Waals surface area (Å²) < 4.78 is 22.8. The third kappa shape index (κ3) is 48.2. The van der Waals surface area contributed by atoms with E-state index in [-0.39, 0.29) is 38.2 Å². The average molecular weight is 911 g/mol. The Morgan fingerprint density at radius 2 is 0.703 bits per heavy atom. The minimum atomic E-state index is -1.50. The van der Waals surface area contributed by atoms with Crippen LogP contribution >= 0.6 is 0 Å². The van der Waals surface area contributed by atoms with Crippen molar-refractivity contribution in [3.8, 4) is 0 Å². The molecule has 1 N–H and O–H groups in total. The highest BCUT2D eigenvalue weighted by molar-refractivity contribution is 5.71. The Hall–Kier alpha value is -1.71. The van der Waals surface area contributed by atoms with E-state index in [2.05, 4.69) is 13.8 Å². The summed E-state index contributed by atoms with van der Waals surface area (Å²) >= 11 is 0. The van der Waals surface area contributed by atoms with Gasteiger partial charge in [0.2, 0.25) is 0 Å². The van der Waals surface area contributed by atoms with Gasteiger partial charge in [0, 0.05) is 12.8 Å². The van der Waals surface area contributed by atoms with Gasteiger partial charge < -0.3 is 28.5 Å². The molecule has 0 fully saturated rings. The quantitative estimate of drug-likeness (QED) is 0.0278. The lowest BCUT2D eigenvalue weighted by atomic mass is 10.0. The molecule has 0 aliphatic heterocycles. The number of carbonyl (C=O) groups is 3. The molecule has 0 aromatic carbocycles. The molecule has 0 amide bonds. The highest BCUT2D eigenvalue weighted by atomic mass is 16.7. The van der Waals surface area contributed by atoms with Gasteiger partial charge in [-0.25, -0.2) is 4.79 Å². The van der Waals surface area contributed by atoms with Crippen LogP contribution in [0.1, 0.15) is 277 Å². The molecule has 2 unspecified atom stereocenters. The van der Waals surface area contributed by atoms with Gasteiger partial charge in [-0.2, -0.15) is 0 Å². The minimum Gasteiger partial charge on any atom is -0.477 e. The zero-order valence-electron chi connectivity index (χ0n) is 43.2. The summed E-state index contributed by atoms with van der Waals surface area (Å²) in [6, 6.07) is 0. The average Bonchev–Trinajstić information content (AvgIpc) is 3.26. The highest BCUT2D eigenvalue weighted by Crippen LogP contribution is 2.18. The van der Waals surface area contributed by atoms with Crippen LogP contribution in [0.2, 0.25) is 0 Å². The largest absolute Gasteiger partial charge is 0.477 e. The molecule has 0 aliphatic carbocycles. The maximum atomic E-state index is 12.8. The molecule has 0 saturated heterocycles. The van der Waals surface area contributed by atoms with Gasteiger partial charge in [0.25, 0.3) is 6.29 Å². The van der Waals surface area contributed by atoms with Crippen molar-refractivity contribution in [3.05, 3.63) is 0 Å². The predicted molar refractivity (Wildman–Crippen MR) is 268 cm³/mol. The summed E-state index contributed by atoms with van der Waals surface area (Å²) in [4.78, 5) is 37.3. The fourth-order valence-corrected chi connectivity index (χ4v) is 8.31. The van der Waals surface area contributed by atoms with Crippen molar-refractivity contribution in [1.29, 1.82) is 0 Å². The minimum absolute atomic E-state index is 0.173. The van der Waals surface area contributed by atoms with E-state index in [1.807, 2.05) is 21.1 Å². The van der Waals surface area contributed by atoms with Crippen molar-refractivity contribution in [1.82, 2.24) is 0 Å². The van der Waals surface area contributed by atoms with Crippen molar-refractivity contribution < 1.29 is 42.9 Å². The van der Waals surface area contributed by atoms with Crippen molar-refractivity contribution in [2.75, 3.05) is 47.5 Å². The maximum Gasteiger partial charge on any atom is 0.361 e. The third-order valence-corrected chi connectivity index (χ3v) is 12.6. The Kier molecular flexibility index (Phi) is 46.5. The number of nitrogens with zero attached hydrogens (tertiary/aromatic N) is 1. The Labute approximate surface area is 396 Å². The van der Waals surface area contributed by atoms with Crippen LogP contribution in [0.3, 0.4) is 0 Å². The standard InChI is InChI=1S/C55H107NO8/c1-6-8-10-12-14-16-18-20-21-22-23-24-25-26-27-28-29-30-31-32-34-36-38-40-42-44-46-53(58)64-51(50-63-55(54(59)60)61-48-47-56(3,4)5)49-62-52(57)45-43-41-39-37-35-33-19-17-15-13-11-9-7-2/h51,55H,6-50H2,1-5H3/p+1. The number of ether oxygens (including phenoxy) is 4. The lowest BCUT2D eigenvalue weighted by Crippen LogP contribution is -2.40. The zero-order chi connectivity index (χ0) is 47.0. The van der Waals surface area contributed by atoms with Gasteiger partial charge in [-0.15, -0.1) is 0 Å². The summed E-state index contributed by atoms with van der Waals surface area (Å²) in [5.74, 6) is -1.98. The normalized spacial score (nSPS) is 12.7. The third-order valence-electron chi connectivity index (χ3n) is 12.6. The Morgan fingerprint density at radius 1 is 0.406 bits per heavy atom. The van der Waals surface area contributed by atoms with Gasteiger partial charge in [0.15, 0.2) is 6.10 Å². The monoisotopic (exact) mass is 911 g/mol. The van der Waals surface area contributed by atoms with Crippen molar-refractivity contribution in [2.45, 2.75) is 289 Å². The number of hydrogen-bond acceptors (Lipinski definition) is 7. The molecule has 0 radical (unpaired) electrons. The van der Waals surface area contributed by atoms with Crippen LogP contribution in [0.25, 0.3) is 0 Å². The van der Waals surface area contributed by atoms with Crippen molar-refractivity contribution in [2.24, 2.45) is 0 Å². The molecular formula is C55H108NO8+. The van der Waals surface area contributed by atoms with E-state index in [1.54, 1.807) is 0 Å². The van der Waals surface area contributed by atoms with Crippen LogP contribution in [-0.4, -0.2) is 87.4 Å². The molecule has 9 heteroatoms. The molecule has 9 nitrogen and oxygen atoms in total. The molecule has 0 rings (SSSR count). The van der Waals surface area contributed by atoms with Gasteiger partial charge in [-0.1, -0.05) is 251 Å². The molecule has 0 heterocycles. The number of carboxylic acids is 1. The zero-order valence-corrected chi connectivity index (χ0v) is 43.2. The predicted octanol–water partition coefficient (Wildman–Crippen LogP) is 15.6. The topological polar surface area (TPSA) is 108 Å². The summed E-state index contributed by atoms with van der Waals surface area (Å²) in [5.41, 5.74) is 0. The van der Waals surface area contributed by atoms with Crippen molar-refractivity contribution in [3.63, 3.8) is 0 Å². The van der Waals surface area contributed by atoms with Gasteiger partial charge in [0.05, 0.1) is 34.4 Å². The first-order chi connectivity index (χ1) is 31.1. The van der Waals surface area contributed by atoms with Gasteiger partial charge in [0.1, 0.15) is 13.2 Å². The van der Waals surface area contributed by atoms with E-state index >= 15 is 0 Å². The SMILES string of the molecule is CCCCCCCCCCCCCCCCCCCCCCCCCCCCC(=O)OC(COC(=O)CCCCCCCCCCCCCCC)COC(OCC[N+](C)(C)C)C(=O)O. The number of quaternary nitrogens is 1. The number of rotatable bonds is 52. The van der Waals surface area contributed by atoms with Crippen LogP contribution in [0.5, 0.6) is 0 Å². The summed E-state index contributed by atoms with van der Waals surface area (Å²) in [7, 11) is 5.98. The fourth-order valence-electron chi connectivity index (χ4n) is 8.31. The molecule has 0 bridgehead atoms. The van der Waals surface area contributed by atoms with E-state index in [9.17, 15) is 19.5 Å². The maximum absolute atomic E-state index is 12.8. The van der Waals surface area contributed by atoms with E-state index in [0.29, 0.717) is 17.4 Å². The summed E-state index contributed by atoms with van der Waals surface area (Å²) in [6.07, 6.45) is 49.0. The molecule has 0 aliphatic rings. The van der Waals surface area contributed by atoms with Gasteiger partial charge >= 0.3 is 17.9 Å². The number of unbranched alkanes of at least 4 members (excludes halogenated alkanes) is 37. The number of aliphatic carboxylic acids is 1. The smallest absolute Gasteiger partial charge is 0.361 e. The molecule has 64 heavy (non-hydrogen) atoms. The first-order valence-electron chi connectivity index (χ1n) is 27.7. The Balaban J connectivity index is 4.14. The second-order valence-electron chi connectivity index (χ2n) is 20.3. The van der Waals surface area contributed by atoms with E-state index < -0.39 is 18.4 Å². The number of likely N-dealkylation sites (N-methyl/N-ethyl adjacent to an activating group) is 1. The van der Waals surface area contributed by atoms with Crippen LogP contribution in [0, 0.1) is 0 Å². The Morgan fingerprint density at radius 3 is 1.00 bits per heavy atom. The van der Waals surface area contributed by atoms with Gasteiger partial charge in [-0.05, 0) is 12.8 Å². The molecule has 0 saturated carbocycles. The molecule has 0 aromatic heterocycles. The molecular weight excluding hydrogens is 803 g/mol. The molecule has 2 atom stereocenters. The lowest BCUT2D eigenvalue weighted by molar-refractivity contribution is -0.870. The van der Waals surface area contributed by atoms with Crippen LogP contribution in [0.4, 0.5) is 0 Å². The van der Waals surface area contributed by atoms with E-state index in [1.165, 1.54) is 212 Å². The highest BCUT2D eigenvalue weighted by Gasteiger charge is 2.25. The van der Waals surface area contributed by atoms with Crippen LogP contribution in [-0.2, 0) is 33.3 Å². The van der Waals surface area contributed by atoms with Crippen molar-refractivity contribution >= 4 is 17.9 Å². The lowest BCUT2D eigenvalue weighted by Gasteiger charge is -2.25. The second-order valence-corrected chi connectivity index (χ2v) is 20.3. The first-order valence-corrected chi connectivity index (χ1v) is 27.7. The Bertz CT molecular complexity index is 1020. The number of hydrogen-bond donors (Lipinski definition) is 1. The summed E-state index contributed by atoms with van der Waals surface area (Å²) in [6.45, 7) is 4.93. The molecule has 0 spiro atoms. The molecule has 0 aromatic rings. The van der Waals surface area contributed by atoms with Gasteiger partial charge in [-0.3, -0.25) is 9.59 Å². The summed E-state index contributed by atoms with van der Waals surface area (Å²) in [5, 5.41) is 9.67. The number of carboxylic acid groups (broad SMARTS) is 1. The fraction of sp³-hybridized carbons (Fsp3) is 0.945. The van der Waals surface area contributed by atoms with Crippen LogP contribution < -0.4 is 0 Å². The van der Waals surface area contributed by atoms with E-state index in [4.69, 9.17) is 18.9 Å². The van der Waals surface area contributed by atoms with Crippen LogP contribution in [0.15, 0.2) is 0 Å².